The second-order valence-corrected chi connectivity index (χ2v) is 7.35. The Bertz CT molecular complexity index is 805. The molecule has 1 fully saturated rings. The summed E-state index contributed by atoms with van der Waals surface area (Å²) in [6.45, 7) is 2.12. The highest BCUT2D eigenvalue weighted by Gasteiger charge is 2.45. The number of benzene rings is 2. The normalized spacial score (nSPS) is 22.5. The third kappa shape index (κ3) is 3.38. The molecule has 2 aliphatic rings. The first kappa shape index (κ1) is 18.2. The molecule has 0 bridgehead atoms. The van der Waals surface area contributed by atoms with E-state index in [-0.39, 0.29) is 5.54 Å². The van der Waals surface area contributed by atoms with Gasteiger partial charge in [-0.15, -0.1) is 0 Å². The van der Waals surface area contributed by atoms with Crippen LogP contribution in [0.2, 0.25) is 0 Å². The molecular formula is C21H22F3NO2. The van der Waals surface area contributed by atoms with Gasteiger partial charge in [0.1, 0.15) is 18.1 Å². The van der Waals surface area contributed by atoms with Gasteiger partial charge in [-0.25, -0.2) is 0 Å². The zero-order chi connectivity index (χ0) is 19.1. The monoisotopic (exact) mass is 377 g/mol. The molecule has 27 heavy (non-hydrogen) atoms. The second kappa shape index (κ2) is 6.75. The molecule has 6 heteroatoms. The number of nitrogens with zero attached hydrogens (tertiary/aromatic N) is 1. The van der Waals surface area contributed by atoms with E-state index in [1.54, 1.807) is 19.2 Å². The molecule has 0 aliphatic carbocycles. The Kier molecular flexibility index (Phi) is 4.54. The summed E-state index contributed by atoms with van der Waals surface area (Å²) < 4.78 is 49.9. The molecule has 1 spiro atoms. The minimum absolute atomic E-state index is 0.135. The number of halogens is 3. The van der Waals surface area contributed by atoms with Gasteiger partial charge in [-0.3, -0.25) is 4.90 Å². The van der Waals surface area contributed by atoms with Crippen LogP contribution >= 0.6 is 0 Å². The van der Waals surface area contributed by atoms with Crippen LogP contribution in [0.3, 0.4) is 0 Å². The molecule has 2 aliphatic heterocycles. The van der Waals surface area contributed by atoms with E-state index >= 15 is 0 Å². The molecule has 0 amide bonds. The van der Waals surface area contributed by atoms with E-state index < -0.39 is 11.7 Å². The van der Waals surface area contributed by atoms with Gasteiger partial charge in [-0.1, -0.05) is 18.2 Å². The van der Waals surface area contributed by atoms with Crippen LogP contribution in [0.25, 0.3) is 0 Å². The summed E-state index contributed by atoms with van der Waals surface area (Å²) in [7, 11) is 1.66. The van der Waals surface area contributed by atoms with E-state index in [1.165, 1.54) is 0 Å². The highest BCUT2D eigenvalue weighted by Crippen LogP contribution is 2.43. The van der Waals surface area contributed by atoms with Crippen molar-refractivity contribution >= 4 is 0 Å². The largest absolute Gasteiger partial charge is 0.496 e. The third-order valence-electron chi connectivity index (χ3n) is 5.71. The summed E-state index contributed by atoms with van der Waals surface area (Å²) in [5.74, 6) is 1.69. The molecule has 0 radical (unpaired) electrons. The first-order chi connectivity index (χ1) is 12.9. The van der Waals surface area contributed by atoms with E-state index in [0.717, 1.165) is 60.6 Å². The van der Waals surface area contributed by atoms with Crippen molar-refractivity contribution in [2.45, 2.75) is 37.5 Å². The van der Waals surface area contributed by atoms with Gasteiger partial charge in [0.05, 0.1) is 18.2 Å². The van der Waals surface area contributed by atoms with Crippen molar-refractivity contribution in [3.05, 3.63) is 59.2 Å². The third-order valence-corrected chi connectivity index (χ3v) is 5.71. The van der Waals surface area contributed by atoms with Crippen LogP contribution in [0.1, 0.15) is 29.5 Å². The number of rotatable bonds is 3. The lowest BCUT2D eigenvalue weighted by Crippen LogP contribution is -2.51. The maximum absolute atomic E-state index is 12.8. The highest BCUT2D eigenvalue weighted by atomic mass is 19.4. The second-order valence-electron chi connectivity index (χ2n) is 7.35. The molecule has 4 rings (SSSR count). The fraction of sp³-hybridized carbons (Fsp3) is 0.429. The van der Waals surface area contributed by atoms with Gasteiger partial charge in [0, 0.05) is 18.5 Å². The van der Waals surface area contributed by atoms with Gasteiger partial charge in [-0.05, 0) is 49.2 Å². The van der Waals surface area contributed by atoms with Crippen molar-refractivity contribution in [2.24, 2.45) is 0 Å². The lowest BCUT2D eigenvalue weighted by Gasteiger charge is -2.42. The number of ether oxygens (including phenoxy) is 2. The molecule has 0 N–H and O–H groups in total. The van der Waals surface area contributed by atoms with Gasteiger partial charge in [0.15, 0.2) is 0 Å². The van der Waals surface area contributed by atoms with E-state index in [1.807, 2.05) is 18.2 Å². The number of alkyl halides is 3. The lowest BCUT2D eigenvalue weighted by atomic mass is 9.85. The van der Waals surface area contributed by atoms with Gasteiger partial charge < -0.3 is 9.47 Å². The Morgan fingerprint density at radius 1 is 1.15 bits per heavy atom. The Hall–Kier alpha value is -2.21. The predicted octanol–water partition coefficient (Wildman–Crippen LogP) is 4.68. The van der Waals surface area contributed by atoms with Crippen LogP contribution in [0.5, 0.6) is 11.5 Å². The molecule has 0 saturated carbocycles. The fourth-order valence-electron chi connectivity index (χ4n) is 4.26. The number of hydrogen-bond donors (Lipinski definition) is 0. The Labute approximate surface area is 156 Å². The van der Waals surface area contributed by atoms with Gasteiger partial charge in [0.25, 0.3) is 0 Å². The Morgan fingerprint density at radius 3 is 2.63 bits per heavy atom. The minimum Gasteiger partial charge on any atom is -0.496 e. The van der Waals surface area contributed by atoms with Crippen molar-refractivity contribution in [1.82, 2.24) is 4.90 Å². The van der Waals surface area contributed by atoms with Gasteiger partial charge in [-0.2, -0.15) is 13.2 Å². The molecule has 3 nitrogen and oxygen atoms in total. The first-order valence-corrected chi connectivity index (χ1v) is 9.11. The zero-order valence-corrected chi connectivity index (χ0v) is 15.2. The van der Waals surface area contributed by atoms with Crippen molar-refractivity contribution in [1.29, 1.82) is 0 Å². The highest BCUT2D eigenvalue weighted by molar-refractivity contribution is 5.47. The number of fused-ring (bicyclic) bond motifs is 1. The first-order valence-electron chi connectivity index (χ1n) is 9.11. The smallest absolute Gasteiger partial charge is 0.416 e. The predicted molar refractivity (Wildman–Crippen MR) is 96.0 cm³/mol. The Morgan fingerprint density at radius 2 is 1.93 bits per heavy atom. The molecule has 1 saturated heterocycles. The maximum atomic E-state index is 12.8. The summed E-state index contributed by atoms with van der Waals surface area (Å²) in [4.78, 5) is 2.35. The van der Waals surface area contributed by atoms with Crippen LogP contribution < -0.4 is 9.47 Å². The Balaban J connectivity index is 1.56. The fourth-order valence-corrected chi connectivity index (χ4v) is 4.26. The van der Waals surface area contributed by atoms with Crippen LogP contribution in [-0.4, -0.2) is 30.7 Å². The van der Waals surface area contributed by atoms with Crippen LogP contribution in [0.15, 0.2) is 42.5 Å². The minimum atomic E-state index is -4.30. The quantitative estimate of drug-likeness (QED) is 0.775. The average molecular weight is 377 g/mol. The van der Waals surface area contributed by atoms with Crippen molar-refractivity contribution in [2.75, 3.05) is 20.3 Å². The SMILES string of the molecule is COc1cccc2c1CC1(CCCN1Cc1ccc(C(F)(F)F)cc1)CO2. The van der Waals surface area contributed by atoms with Crippen LogP contribution in [-0.2, 0) is 19.1 Å². The number of likely N-dealkylation sites (tertiary alicyclic amines) is 1. The van der Waals surface area contributed by atoms with Crippen molar-refractivity contribution in [3.8, 4) is 11.5 Å². The summed E-state index contributed by atoms with van der Waals surface area (Å²) in [6, 6.07) is 11.3. The summed E-state index contributed by atoms with van der Waals surface area (Å²) in [6.07, 6.45) is -1.42. The summed E-state index contributed by atoms with van der Waals surface area (Å²) in [5.41, 5.74) is 1.22. The molecule has 144 valence electrons. The van der Waals surface area contributed by atoms with E-state index in [9.17, 15) is 13.2 Å². The topological polar surface area (TPSA) is 21.7 Å². The summed E-state index contributed by atoms with van der Waals surface area (Å²) in [5, 5.41) is 0. The van der Waals surface area contributed by atoms with Gasteiger partial charge >= 0.3 is 6.18 Å². The van der Waals surface area contributed by atoms with Gasteiger partial charge in [0.2, 0.25) is 0 Å². The molecular weight excluding hydrogens is 355 g/mol. The number of methoxy groups -OCH3 is 1. The molecule has 2 aromatic carbocycles. The van der Waals surface area contributed by atoms with Crippen molar-refractivity contribution < 1.29 is 22.6 Å². The van der Waals surface area contributed by atoms with E-state index in [0.29, 0.717) is 13.2 Å². The van der Waals surface area contributed by atoms with E-state index in [2.05, 4.69) is 4.90 Å². The maximum Gasteiger partial charge on any atom is 0.416 e. The lowest BCUT2D eigenvalue weighted by molar-refractivity contribution is -0.137. The van der Waals surface area contributed by atoms with Crippen LogP contribution in [0.4, 0.5) is 13.2 Å². The molecule has 0 aromatic heterocycles. The van der Waals surface area contributed by atoms with E-state index in [4.69, 9.17) is 9.47 Å². The number of hydrogen-bond acceptors (Lipinski definition) is 3. The van der Waals surface area contributed by atoms with Crippen LogP contribution in [0, 0.1) is 0 Å². The zero-order valence-electron chi connectivity index (χ0n) is 15.2. The molecule has 1 atom stereocenters. The summed E-state index contributed by atoms with van der Waals surface area (Å²) >= 11 is 0. The molecule has 2 heterocycles. The molecule has 2 aromatic rings. The molecule has 1 unspecified atom stereocenters. The van der Waals surface area contributed by atoms with Crippen molar-refractivity contribution in [3.63, 3.8) is 0 Å². The average Bonchev–Trinajstić information content (AvgIpc) is 3.02. The standard InChI is InChI=1S/C21H22F3NO2/c1-26-18-4-2-5-19-17(18)12-20(14-27-19)10-3-11-25(20)13-15-6-8-16(9-7-15)21(22,23)24/h2,4-9H,3,10-14H2,1H3.